The highest BCUT2D eigenvalue weighted by Gasteiger charge is 2.34. The summed E-state index contributed by atoms with van der Waals surface area (Å²) in [7, 11) is -2.20. The third-order valence-corrected chi connectivity index (χ3v) is 6.49. The van der Waals surface area contributed by atoms with Crippen molar-refractivity contribution in [2.75, 3.05) is 6.61 Å². The van der Waals surface area contributed by atoms with Gasteiger partial charge in [0, 0.05) is 32.0 Å². The predicted molar refractivity (Wildman–Crippen MR) is 92.9 cm³/mol. The lowest BCUT2D eigenvalue weighted by molar-refractivity contribution is -0.00447. The Hall–Kier alpha value is -1.42. The van der Waals surface area contributed by atoms with Crippen LogP contribution in [0.2, 0.25) is 5.15 Å². The maximum atomic E-state index is 12.9. The monoisotopic (exact) mass is 387 g/mol. The molecule has 25 heavy (non-hydrogen) atoms. The molecule has 0 aliphatic carbocycles. The SMILES string of the molecule is CCn1cc([C@H]2OCCC[C@@H]2NS(=O)(=O)c2c(C)nn(C)c2Cl)cn1. The maximum Gasteiger partial charge on any atom is 0.245 e. The van der Waals surface area contributed by atoms with E-state index in [2.05, 4.69) is 14.9 Å². The minimum atomic E-state index is -3.81. The Balaban J connectivity index is 1.88. The second kappa shape index (κ2) is 7.06. The van der Waals surface area contributed by atoms with Gasteiger partial charge in [-0.1, -0.05) is 11.6 Å². The summed E-state index contributed by atoms with van der Waals surface area (Å²) >= 11 is 6.13. The van der Waals surface area contributed by atoms with Crippen LogP contribution in [0, 0.1) is 6.92 Å². The highest BCUT2D eigenvalue weighted by atomic mass is 35.5. The zero-order valence-electron chi connectivity index (χ0n) is 14.4. The van der Waals surface area contributed by atoms with E-state index in [9.17, 15) is 8.42 Å². The molecule has 3 rings (SSSR count). The third kappa shape index (κ3) is 3.59. The van der Waals surface area contributed by atoms with Crippen molar-refractivity contribution in [3.05, 3.63) is 28.8 Å². The molecular formula is C15H22ClN5O3S. The molecule has 0 saturated carbocycles. The minimum Gasteiger partial charge on any atom is -0.372 e. The summed E-state index contributed by atoms with van der Waals surface area (Å²) in [6, 6.07) is -0.385. The molecule has 138 valence electrons. The molecule has 0 radical (unpaired) electrons. The molecule has 2 aromatic heterocycles. The highest BCUT2D eigenvalue weighted by molar-refractivity contribution is 7.89. The van der Waals surface area contributed by atoms with Gasteiger partial charge in [0.05, 0.1) is 17.9 Å². The summed E-state index contributed by atoms with van der Waals surface area (Å²) < 4.78 is 37.5. The first-order chi connectivity index (χ1) is 11.8. The fourth-order valence-corrected chi connectivity index (χ4v) is 5.12. The Kier molecular flexibility index (Phi) is 5.19. The summed E-state index contributed by atoms with van der Waals surface area (Å²) in [5.41, 5.74) is 1.23. The summed E-state index contributed by atoms with van der Waals surface area (Å²) in [6.45, 7) is 4.95. The van der Waals surface area contributed by atoms with Crippen molar-refractivity contribution in [1.29, 1.82) is 0 Å². The first kappa shape index (κ1) is 18.4. The maximum absolute atomic E-state index is 12.9. The van der Waals surface area contributed by atoms with Gasteiger partial charge < -0.3 is 4.74 Å². The van der Waals surface area contributed by atoms with Crippen LogP contribution >= 0.6 is 11.6 Å². The molecule has 1 aliphatic rings. The quantitative estimate of drug-likeness (QED) is 0.844. The first-order valence-corrected chi connectivity index (χ1v) is 10.0. The Bertz CT molecular complexity index is 861. The molecule has 1 aliphatic heterocycles. The van der Waals surface area contributed by atoms with Crippen molar-refractivity contribution < 1.29 is 13.2 Å². The van der Waals surface area contributed by atoms with E-state index < -0.39 is 10.0 Å². The van der Waals surface area contributed by atoms with Gasteiger partial charge in [-0.3, -0.25) is 9.36 Å². The van der Waals surface area contributed by atoms with Crippen LogP contribution in [0.1, 0.15) is 37.1 Å². The molecule has 2 aromatic rings. The summed E-state index contributed by atoms with van der Waals surface area (Å²) in [4.78, 5) is 0.0187. The van der Waals surface area contributed by atoms with E-state index in [4.69, 9.17) is 16.3 Å². The van der Waals surface area contributed by atoms with Crippen LogP contribution < -0.4 is 4.72 Å². The zero-order chi connectivity index (χ0) is 18.2. The number of halogens is 1. The molecule has 1 N–H and O–H groups in total. The van der Waals surface area contributed by atoms with Crippen molar-refractivity contribution >= 4 is 21.6 Å². The number of hydrogen-bond donors (Lipinski definition) is 1. The van der Waals surface area contributed by atoms with Crippen LogP contribution in [-0.2, 0) is 28.4 Å². The zero-order valence-corrected chi connectivity index (χ0v) is 16.0. The number of nitrogens with one attached hydrogen (secondary N) is 1. The minimum absolute atomic E-state index is 0.0187. The van der Waals surface area contributed by atoms with Crippen molar-refractivity contribution in [3.8, 4) is 0 Å². The normalized spacial score (nSPS) is 21.6. The van der Waals surface area contributed by atoms with Crippen LogP contribution in [0.4, 0.5) is 0 Å². The molecule has 2 atom stereocenters. The molecule has 0 aromatic carbocycles. The van der Waals surface area contributed by atoms with Crippen molar-refractivity contribution in [3.63, 3.8) is 0 Å². The van der Waals surface area contributed by atoms with E-state index in [1.54, 1.807) is 24.9 Å². The standard InChI is InChI=1S/C15H22ClN5O3S/c1-4-21-9-11(8-17-21)13-12(6-5-7-24-13)19-25(22,23)14-10(2)18-20(3)15(14)16/h8-9,12-13,19H,4-7H2,1-3H3/t12-,13+/m0/s1. The van der Waals surface area contributed by atoms with Crippen LogP contribution in [0.15, 0.2) is 17.3 Å². The fraction of sp³-hybridized carbons (Fsp3) is 0.600. The molecule has 10 heteroatoms. The molecule has 8 nitrogen and oxygen atoms in total. The molecule has 0 unspecified atom stereocenters. The molecule has 1 saturated heterocycles. The predicted octanol–water partition coefficient (Wildman–Crippen LogP) is 1.80. The first-order valence-electron chi connectivity index (χ1n) is 8.19. The van der Waals surface area contributed by atoms with Gasteiger partial charge in [0.2, 0.25) is 10.0 Å². The molecule has 0 bridgehead atoms. The van der Waals surface area contributed by atoms with Crippen molar-refractivity contribution in [2.24, 2.45) is 7.05 Å². The molecular weight excluding hydrogens is 366 g/mol. The number of ether oxygens (including phenoxy) is 1. The van der Waals surface area contributed by atoms with Gasteiger partial charge in [-0.25, -0.2) is 13.1 Å². The van der Waals surface area contributed by atoms with Crippen LogP contribution in [0.5, 0.6) is 0 Å². The number of nitrogens with zero attached hydrogens (tertiary/aromatic N) is 4. The smallest absolute Gasteiger partial charge is 0.245 e. The van der Waals surface area contributed by atoms with E-state index in [0.29, 0.717) is 18.7 Å². The topological polar surface area (TPSA) is 91.0 Å². The van der Waals surface area contributed by atoms with E-state index >= 15 is 0 Å². The average molecular weight is 388 g/mol. The second-order valence-corrected chi connectivity index (χ2v) is 8.13. The van der Waals surface area contributed by atoms with Crippen molar-refractivity contribution in [2.45, 2.75) is 50.3 Å². The van der Waals surface area contributed by atoms with Crippen LogP contribution in [-0.4, -0.2) is 40.6 Å². The second-order valence-electron chi connectivity index (χ2n) is 6.12. The highest BCUT2D eigenvalue weighted by Crippen LogP contribution is 2.31. The fourth-order valence-electron chi connectivity index (χ4n) is 3.10. The average Bonchev–Trinajstić information content (AvgIpc) is 3.12. The number of aryl methyl sites for hydroxylation is 3. The largest absolute Gasteiger partial charge is 0.372 e. The lowest BCUT2D eigenvalue weighted by Crippen LogP contribution is -2.42. The number of sulfonamides is 1. The Morgan fingerprint density at radius 1 is 1.48 bits per heavy atom. The van der Waals surface area contributed by atoms with Gasteiger partial charge in [-0.15, -0.1) is 0 Å². The third-order valence-electron chi connectivity index (χ3n) is 4.30. The number of aromatic nitrogens is 4. The van der Waals surface area contributed by atoms with Gasteiger partial charge >= 0.3 is 0 Å². The van der Waals surface area contributed by atoms with Gasteiger partial charge in [0.25, 0.3) is 0 Å². The molecule has 0 amide bonds. The van der Waals surface area contributed by atoms with E-state index in [1.165, 1.54) is 4.68 Å². The Morgan fingerprint density at radius 2 is 2.24 bits per heavy atom. The van der Waals surface area contributed by atoms with Gasteiger partial charge in [0.15, 0.2) is 0 Å². The Morgan fingerprint density at radius 3 is 2.84 bits per heavy atom. The Labute approximate surface area is 152 Å². The molecule has 3 heterocycles. The van der Waals surface area contributed by atoms with Crippen LogP contribution in [0.3, 0.4) is 0 Å². The van der Waals surface area contributed by atoms with Crippen molar-refractivity contribution in [1.82, 2.24) is 24.3 Å². The summed E-state index contributed by atoms with van der Waals surface area (Å²) in [5.74, 6) is 0. The van der Waals surface area contributed by atoms with E-state index in [1.807, 2.05) is 13.1 Å². The summed E-state index contributed by atoms with van der Waals surface area (Å²) in [5, 5.41) is 8.43. The van der Waals surface area contributed by atoms with E-state index in [0.717, 1.165) is 18.5 Å². The molecule has 1 fully saturated rings. The van der Waals surface area contributed by atoms with Gasteiger partial charge in [-0.2, -0.15) is 10.2 Å². The summed E-state index contributed by atoms with van der Waals surface area (Å²) in [6.07, 6.45) is 4.70. The number of hydrogen-bond acceptors (Lipinski definition) is 5. The van der Waals surface area contributed by atoms with Gasteiger partial charge in [-0.05, 0) is 26.7 Å². The van der Waals surface area contributed by atoms with E-state index in [-0.39, 0.29) is 22.2 Å². The lowest BCUT2D eigenvalue weighted by Gasteiger charge is -2.31. The van der Waals surface area contributed by atoms with Crippen LogP contribution in [0.25, 0.3) is 0 Å². The molecule has 0 spiro atoms. The lowest BCUT2D eigenvalue weighted by atomic mass is 9.99. The number of rotatable bonds is 5. The van der Waals surface area contributed by atoms with Gasteiger partial charge in [0.1, 0.15) is 16.2 Å².